The molecule has 0 saturated heterocycles. The standard InChI is InChI=1S/C13H18BrFN2S/c1-9(2)17(6-5-13(16)18)8-10-3-4-11(14)7-12(10)15/h3-4,7,9H,5-6,8H2,1-2H3,(H2,16,18). The molecule has 0 aliphatic carbocycles. The van der Waals surface area contributed by atoms with Crippen LogP contribution in [0.15, 0.2) is 22.7 Å². The van der Waals surface area contributed by atoms with Gasteiger partial charge in [-0.3, -0.25) is 4.90 Å². The van der Waals surface area contributed by atoms with E-state index in [0.717, 1.165) is 11.0 Å². The third-order valence-corrected chi connectivity index (χ3v) is 3.46. The molecular weight excluding hydrogens is 315 g/mol. The molecule has 5 heteroatoms. The summed E-state index contributed by atoms with van der Waals surface area (Å²) in [6.45, 7) is 5.48. The first-order chi connectivity index (χ1) is 8.40. The molecule has 0 bridgehead atoms. The lowest BCUT2D eigenvalue weighted by Gasteiger charge is -2.26. The van der Waals surface area contributed by atoms with Crippen LogP contribution >= 0.6 is 28.1 Å². The summed E-state index contributed by atoms with van der Waals surface area (Å²) in [6.07, 6.45) is 0.658. The second-order valence-electron chi connectivity index (χ2n) is 4.52. The zero-order valence-electron chi connectivity index (χ0n) is 10.6. The molecule has 2 N–H and O–H groups in total. The van der Waals surface area contributed by atoms with Crippen molar-refractivity contribution in [2.45, 2.75) is 32.9 Å². The number of benzene rings is 1. The maximum atomic E-state index is 13.8. The molecule has 0 spiro atoms. The Kier molecular flexibility index (Phi) is 6.18. The molecule has 1 aromatic carbocycles. The normalized spacial score (nSPS) is 11.2. The molecule has 0 aliphatic heterocycles. The number of halogens is 2. The molecule has 0 unspecified atom stereocenters. The number of hydrogen-bond donors (Lipinski definition) is 1. The van der Waals surface area contributed by atoms with Gasteiger partial charge in [-0.25, -0.2) is 4.39 Å². The highest BCUT2D eigenvalue weighted by molar-refractivity contribution is 9.10. The Balaban J connectivity index is 2.73. The van der Waals surface area contributed by atoms with Gasteiger partial charge in [0.15, 0.2) is 0 Å². The van der Waals surface area contributed by atoms with Gasteiger partial charge in [0.2, 0.25) is 0 Å². The van der Waals surface area contributed by atoms with Gasteiger partial charge in [-0.05, 0) is 26.0 Å². The largest absolute Gasteiger partial charge is 0.393 e. The van der Waals surface area contributed by atoms with Crippen LogP contribution < -0.4 is 5.73 Å². The minimum atomic E-state index is -0.189. The summed E-state index contributed by atoms with van der Waals surface area (Å²) in [4.78, 5) is 2.66. The zero-order valence-corrected chi connectivity index (χ0v) is 13.0. The van der Waals surface area contributed by atoms with Crippen LogP contribution in [-0.4, -0.2) is 22.5 Å². The molecule has 0 amide bonds. The van der Waals surface area contributed by atoms with Crippen molar-refractivity contribution in [1.82, 2.24) is 4.90 Å². The van der Waals surface area contributed by atoms with Gasteiger partial charge in [0, 0.05) is 35.6 Å². The molecule has 100 valence electrons. The van der Waals surface area contributed by atoms with Crippen molar-refractivity contribution < 1.29 is 4.39 Å². The lowest BCUT2D eigenvalue weighted by molar-refractivity contribution is 0.216. The van der Waals surface area contributed by atoms with Gasteiger partial charge >= 0.3 is 0 Å². The van der Waals surface area contributed by atoms with Crippen molar-refractivity contribution >= 4 is 33.1 Å². The molecule has 0 fully saturated rings. The van der Waals surface area contributed by atoms with Crippen LogP contribution in [0.4, 0.5) is 4.39 Å². The summed E-state index contributed by atoms with van der Waals surface area (Å²) in [6, 6.07) is 5.46. The van der Waals surface area contributed by atoms with Crippen LogP contribution in [0.25, 0.3) is 0 Å². The number of rotatable bonds is 6. The van der Waals surface area contributed by atoms with Gasteiger partial charge in [-0.1, -0.05) is 34.2 Å². The summed E-state index contributed by atoms with van der Waals surface area (Å²) in [5.74, 6) is -0.189. The monoisotopic (exact) mass is 332 g/mol. The van der Waals surface area contributed by atoms with E-state index in [-0.39, 0.29) is 5.82 Å². The second-order valence-corrected chi connectivity index (χ2v) is 5.96. The minimum absolute atomic E-state index is 0.189. The Hall–Kier alpha value is -0.520. The SMILES string of the molecule is CC(C)N(CCC(N)=S)Cc1ccc(Br)cc1F. The molecule has 2 nitrogen and oxygen atoms in total. The Labute approximate surface area is 121 Å². The topological polar surface area (TPSA) is 29.3 Å². The van der Waals surface area contributed by atoms with Crippen LogP contribution in [-0.2, 0) is 6.54 Å². The van der Waals surface area contributed by atoms with E-state index >= 15 is 0 Å². The van der Waals surface area contributed by atoms with E-state index in [9.17, 15) is 4.39 Å². The van der Waals surface area contributed by atoms with Gasteiger partial charge in [0.25, 0.3) is 0 Å². The fourth-order valence-electron chi connectivity index (χ4n) is 1.64. The highest BCUT2D eigenvalue weighted by Crippen LogP contribution is 2.18. The average Bonchev–Trinajstić information content (AvgIpc) is 2.26. The van der Waals surface area contributed by atoms with Crippen molar-refractivity contribution in [3.05, 3.63) is 34.1 Å². The maximum Gasteiger partial charge on any atom is 0.128 e. The Morgan fingerprint density at radius 2 is 2.17 bits per heavy atom. The first kappa shape index (κ1) is 15.5. The van der Waals surface area contributed by atoms with Gasteiger partial charge < -0.3 is 5.73 Å². The van der Waals surface area contributed by atoms with Gasteiger partial charge in [-0.15, -0.1) is 0 Å². The molecule has 0 heterocycles. The highest BCUT2D eigenvalue weighted by atomic mass is 79.9. The minimum Gasteiger partial charge on any atom is -0.393 e. The molecule has 0 aliphatic rings. The van der Waals surface area contributed by atoms with Crippen molar-refractivity contribution in [1.29, 1.82) is 0 Å². The first-order valence-electron chi connectivity index (χ1n) is 5.86. The fraction of sp³-hybridized carbons (Fsp3) is 0.462. The molecule has 18 heavy (non-hydrogen) atoms. The van der Waals surface area contributed by atoms with Gasteiger partial charge in [0.05, 0.1) is 4.99 Å². The predicted molar refractivity (Wildman–Crippen MR) is 81.0 cm³/mol. The van der Waals surface area contributed by atoms with E-state index in [2.05, 4.69) is 34.7 Å². The molecular formula is C13H18BrFN2S. The Bertz CT molecular complexity index is 423. The third kappa shape index (κ3) is 5.00. The molecule has 1 aromatic rings. The lowest BCUT2D eigenvalue weighted by atomic mass is 10.1. The predicted octanol–water partition coefficient (Wildman–Crippen LogP) is 3.47. The van der Waals surface area contributed by atoms with Crippen molar-refractivity contribution in [2.24, 2.45) is 5.73 Å². The Morgan fingerprint density at radius 1 is 1.50 bits per heavy atom. The smallest absolute Gasteiger partial charge is 0.128 e. The van der Waals surface area contributed by atoms with Crippen LogP contribution in [0.1, 0.15) is 25.8 Å². The summed E-state index contributed by atoms with van der Waals surface area (Å²) < 4.78 is 14.5. The Morgan fingerprint density at radius 3 is 2.67 bits per heavy atom. The van der Waals surface area contributed by atoms with Gasteiger partial charge in [0.1, 0.15) is 5.82 Å². The van der Waals surface area contributed by atoms with Crippen molar-refractivity contribution in [2.75, 3.05) is 6.54 Å². The van der Waals surface area contributed by atoms with E-state index in [0.29, 0.717) is 29.6 Å². The van der Waals surface area contributed by atoms with E-state index in [4.69, 9.17) is 18.0 Å². The van der Waals surface area contributed by atoms with Crippen LogP contribution in [0.2, 0.25) is 0 Å². The second kappa shape index (κ2) is 7.16. The lowest BCUT2D eigenvalue weighted by Crippen LogP contribution is -2.33. The quantitative estimate of drug-likeness (QED) is 0.809. The summed E-state index contributed by atoms with van der Waals surface area (Å²) in [5, 5.41) is 0. The maximum absolute atomic E-state index is 13.8. The number of nitrogens with zero attached hydrogens (tertiary/aromatic N) is 1. The molecule has 0 radical (unpaired) electrons. The summed E-state index contributed by atoms with van der Waals surface area (Å²) >= 11 is 8.13. The van der Waals surface area contributed by atoms with E-state index in [1.54, 1.807) is 6.07 Å². The molecule has 0 atom stereocenters. The van der Waals surface area contributed by atoms with Crippen molar-refractivity contribution in [3.63, 3.8) is 0 Å². The number of thiocarbonyl (C=S) groups is 1. The number of hydrogen-bond acceptors (Lipinski definition) is 2. The first-order valence-corrected chi connectivity index (χ1v) is 7.06. The van der Waals surface area contributed by atoms with E-state index < -0.39 is 0 Å². The zero-order chi connectivity index (χ0) is 13.7. The van der Waals surface area contributed by atoms with E-state index in [1.165, 1.54) is 6.07 Å². The van der Waals surface area contributed by atoms with Crippen molar-refractivity contribution in [3.8, 4) is 0 Å². The molecule has 1 rings (SSSR count). The average molecular weight is 333 g/mol. The number of nitrogens with two attached hydrogens (primary N) is 1. The van der Waals surface area contributed by atoms with Crippen LogP contribution in [0.3, 0.4) is 0 Å². The summed E-state index contributed by atoms with van der Waals surface area (Å²) in [5.41, 5.74) is 6.20. The molecule has 0 aromatic heterocycles. The third-order valence-electron chi connectivity index (χ3n) is 2.76. The van der Waals surface area contributed by atoms with Crippen LogP contribution in [0.5, 0.6) is 0 Å². The molecule has 0 saturated carbocycles. The van der Waals surface area contributed by atoms with Gasteiger partial charge in [-0.2, -0.15) is 0 Å². The highest BCUT2D eigenvalue weighted by Gasteiger charge is 2.13. The fourth-order valence-corrected chi connectivity index (χ4v) is 2.07. The van der Waals surface area contributed by atoms with Crippen LogP contribution in [0, 0.1) is 5.82 Å². The van der Waals surface area contributed by atoms with E-state index in [1.807, 2.05) is 6.07 Å². The summed E-state index contributed by atoms with van der Waals surface area (Å²) in [7, 11) is 0.